The Labute approximate surface area is 133 Å². The second-order valence-electron chi connectivity index (χ2n) is 7.49. The number of carbonyl (C=O) groups is 1. The molecule has 2 nitrogen and oxygen atoms in total. The molecule has 4 unspecified atom stereocenters. The normalized spacial score (nSPS) is 34.9. The van der Waals surface area contributed by atoms with Crippen molar-refractivity contribution in [2.45, 2.75) is 45.1 Å². The zero-order valence-corrected chi connectivity index (χ0v) is 13.2. The van der Waals surface area contributed by atoms with Gasteiger partial charge in [0, 0.05) is 18.9 Å². The summed E-state index contributed by atoms with van der Waals surface area (Å²) in [6, 6.07) is 10.4. The molecular weight excluding hydrogens is 272 g/mol. The van der Waals surface area contributed by atoms with Crippen molar-refractivity contribution in [2.24, 2.45) is 29.6 Å². The molecule has 0 saturated heterocycles. The lowest BCUT2D eigenvalue weighted by molar-refractivity contribution is -0.119. The standard InChI is InChI=1S/C20H26O2/c21-17-12-16-11-15(18-19(16)20(17)18)9-5-2-6-10-22-13-14-7-3-1-4-8-14/h1,3-4,7-8,15-16,18-20H,2,5-6,9-13H2/t15-,16?,18?,19?,20?/m1/s1. The van der Waals surface area contributed by atoms with Gasteiger partial charge in [0.05, 0.1) is 6.61 Å². The van der Waals surface area contributed by atoms with Gasteiger partial charge in [0.25, 0.3) is 0 Å². The number of ketones is 1. The van der Waals surface area contributed by atoms with Gasteiger partial charge >= 0.3 is 0 Å². The van der Waals surface area contributed by atoms with E-state index in [4.69, 9.17) is 4.74 Å². The Morgan fingerprint density at radius 2 is 1.91 bits per heavy atom. The van der Waals surface area contributed by atoms with Crippen molar-refractivity contribution in [3.05, 3.63) is 35.9 Å². The molecule has 3 aliphatic carbocycles. The lowest BCUT2D eigenvalue weighted by Gasteiger charge is -2.12. The second kappa shape index (κ2) is 6.16. The maximum absolute atomic E-state index is 11.8. The van der Waals surface area contributed by atoms with E-state index in [1.54, 1.807) is 0 Å². The van der Waals surface area contributed by atoms with Crippen LogP contribution in [0.4, 0.5) is 0 Å². The largest absolute Gasteiger partial charge is 0.377 e. The van der Waals surface area contributed by atoms with Gasteiger partial charge in [-0.3, -0.25) is 4.79 Å². The minimum atomic E-state index is 0.512. The Morgan fingerprint density at radius 3 is 2.68 bits per heavy atom. The van der Waals surface area contributed by atoms with Crippen molar-refractivity contribution >= 4 is 5.78 Å². The summed E-state index contributed by atoms with van der Waals surface area (Å²) in [5.74, 6) is 4.39. The van der Waals surface area contributed by atoms with Gasteiger partial charge in [-0.2, -0.15) is 0 Å². The molecule has 0 heterocycles. The number of benzene rings is 1. The van der Waals surface area contributed by atoms with Crippen LogP contribution in [0.25, 0.3) is 0 Å². The molecule has 22 heavy (non-hydrogen) atoms. The molecule has 0 bridgehead atoms. The average Bonchev–Trinajstić information content (AvgIpc) is 3.12. The number of hydrogen-bond donors (Lipinski definition) is 0. The van der Waals surface area contributed by atoms with E-state index >= 15 is 0 Å². The Bertz CT molecular complexity index is 524. The Morgan fingerprint density at radius 1 is 1.05 bits per heavy atom. The van der Waals surface area contributed by atoms with Crippen LogP contribution >= 0.6 is 0 Å². The Hall–Kier alpha value is -1.15. The molecule has 0 spiro atoms. The van der Waals surface area contributed by atoms with Crippen LogP contribution in [-0.2, 0) is 16.1 Å². The first kappa shape index (κ1) is 14.4. The highest BCUT2D eigenvalue weighted by Crippen LogP contribution is 2.69. The maximum atomic E-state index is 11.8. The molecule has 1 aromatic rings. The second-order valence-corrected chi connectivity index (χ2v) is 7.49. The summed E-state index contributed by atoms with van der Waals surface area (Å²) < 4.78 is 5.73. The minimum Gasteiger partial charge on any atom is -0.377 e. The van der Waals surface area contributed by atoms with Crippen LogP contribution in [0, 0.1) is 29.6 Å². The van der Waals surface area contributed by atoms with Crippen LogP contribution in [0.5, 0.6) is 0 Å². The van der Waals surface area contributed by atoms with Crippen molar-refractivity contribution in [1.82, 2.24) is 0 Å². The zero-order valence-electron chi connectivity index (χ0n) is 13.2. The maximum Gasteiger partial charge on any atom is 0.136 e. The monoisotopic (exact) mass is 298 g/mol. The van der Waals surface area contributed by atoms with Crippen LogP contribution in [0.1, 0.15) is 44.1 Å². The summed E-state index contributed by atoms with van der Waals surface area (Å²) in [7, 11) is 0. The predicted molar refractivity (Wildman–Crippen MR) is 86.3 cm³/mol. The number of rotatable bonds is 8. The molecule has 0 aliphatic heterocycles. The van der Waals surface area contributed by atoms with Crippen molar-refractivity contribution in [3.63, 3.8) is 0 Å². The van der Waals surface area contributed by atoms with E-state index in [-0.39, 0.29) is 0 Å². The van der Waals surface area contributed by atoms with E-state index in [2.05, 4.69) is 24.3 Å². The molecule has 1 aromatic carbocycles. The van der Waals surface area contributed by atoms with Gasteiger partial charge in [-0.05, 0) is 42.1 Å². The smallest absolute Gasteiger partial charge is 0.136 e. The van der Waals surface area contributed by atoms with E-state index in [9.17, 15) is 4.79 Å². The number of Topliss-reactive ketones (excluding diaryl/α,β-unsaturated/α-hetero) is 1. The molecule has 4 rings (SSSR count). The van der Waals surface area contributed by atoms with Gasteiger partial charge < -0.3 is 4.74 Å². The highest BCUT2D eigenvalue weighted by atomic mass is 16.5. The van der Waals surface area contributed by atoms with Gasteiger partial charge in [-0.1, -0.05) is 49.6 Å². The van der Waals surface area contributed by atoms with Crippen LogP contribution in [-0.4, -0.2) is 12.4 Å². The first-order valence-electron chi connectivity index (χ1n) is 8.99. The van der Waals surface area contributed by atoms with Crippen LogP contribution < -0.4 is 0 Å². The molecule has 3 aliphatic rings. The van der Waals surface area contributed by atoms with E-state index < -0.39 is 0 Å². The van der Waals surface area contributed by atoms with Gasteiger partial charge in [0.1, 0.15) is 5.78 Å². The fourth-order valence-corrected chi connectivity index (χ4v) is 5.18. The topological polar surface area (TPSA) is 26.3 Å². The highest BCUT2D eigenvalue weighted by molar-refractivity contribution is 5.88. The first-order valence-corrected chi connectivity index (χ1v) is 8.99. The summed E-state index contributed by atoms with van der Waals surface area (Å²) >= 11 is 0. The molecule has 0 aromatic heterocycles. The van der Waals surface area contributed by atoms with E-state index in [0.717, 1.165) is 43.3 Å². The molecule has 0 amide bonds. The molecule has 118 valence electrons. The average molecular weight is 298 g/mol. The third-order valence-corrected chi connectivity index (χ3v) is 6.14. The number of unbranched alkanes of at least 4 members (excludes halogenated alkanes) is 2. The summed E-state index contributed by atoms with van der Waals surface area (Å²) in [6.45, 7) is 1.61. The van der Waals surface area contributed by atoms with Crippen molar-refractivity contribution in [2.75, 3.05) is 6.61 Å². The quantitative estimate of drug-likeness (QED) is 0.671. The van der Waals surface area contributed by atoms with Gasteiger partial charge in [0.2, 0.25) is 0 Å². The van der Waals surface area contributed by atoms with Crippen molar-refractivity contribution < 1.29 is 9.53 Å². The van der Waals surface area contributed by atoms with Gasteiger partial charge in [-0.25, -0.2) is 0 Å². The third kappa shape index (κ3) is 2.74. The molecule has 2 heteroatoms. The van der Waals surface area contributed by atoms with Crippen molar-refractivity contribution in [3.8, 4) is 0 Å². The molecule has 3 fully saturated rings. The van der Waals surface area contributed by atoms with Crippen LogP contribution in [0.3, 0.4) is 0 Å². The predicted octanol–water partition coefficient (Wildman–Crippen LogP) is 4.23. The molecule has 0 radical (unpaired) electrons. The number of ether oxygens (including phenoxy) is 1. The minimum absolute atomic E-state index is 0.512. The van der Waals surface area contributed by atoms with E-state index in [0.29, 0.717) is 11.7 Å². The third-order valence-electron chi connectivity index (χ3n) is 6.14. The summed E-state index contributed by atoms with van der Waals surface area (Å²) in [4.78, 5) is 11.8. The Balaban J connectivity index is 1.07. The van der Waals surface area contributed by atoms with Gasteiger partial charge in [-0.15, -0.1) is 0 Å². The lowest BCUT2D eigenvalue weighted by Crippen LogP contribution is -2.04. The highest BCUT2D eigenvalue weighted by Gasteiger charge is 2.69. The van der Waals surface area contributed by atoms with Crippen LogP contribution in [0.2, 0.25) is 0 Å². The van der Waals surface area contributed by atoms with E-state index in [1.165, 1.54) is 37.7 Å². The fourth-order valence-electron chi connectivity index (χ4n) is 5.18. The Kier molecular flexibility index (Phi) is 4.04. The number of hydrogen-bond acceptors (Lipinski definition) is 2. The van der Waals surface area contributed by atoms with Gasteiger partial charge in [0.15, 0.2) is 0 Å². The van der Waals surface area contributed by atoms with Crippen molar-refractivity contribution in [1.29, 1.82) is 0 Å². The molecule has 3 saturated carbocycles. The lowest BCUT2D eigenvalue weighted by atomic mass is 9.93. The number of fused-ring (bicyclic) bond motifs is 1. The van der Waals surface area contributed by atoms with E-state index in [1.807, 2.05) is 6.07 Å². The first-order chi connectivity index (χ1) is 10.8. The fraction of sp³-hybridized carbons (Fsp3) is 0.650. The summed E-state index contributed by atoms with van der Waals surface area (Å²) in [6.07, 6.45) is 7.36. The summed E-state index contributed by atoms with van der Waals surface area (Å²) in [5, 5.41) is 0. The summed E-state index contributed by atoms with van der Waals surface area (Å²) in [5.41, 5.74) is 1.26. The molecule has 5 atom stereocenters. The molecular formula is C20H26O2. The molecule has 0 N–H and O–H groups in total. The number of carbonyl (C=O) groups excluding carboxylic acids is 1. The SMILES string of the molecule is O=C1CC2C[C@@H](CCCCCOCc3ccccc3)C3C1C23. The van der Waals surface area contributed by atoms with Crippen LogP contribution in [0.15, 0.2) is 30.3 Å². The zero-order chi connectivity index (χ0) is 14.9.